The summed E-state index contributed by atoms with van der Waals surface area (Å²) in [6, 6.07) is 15.6. The number of nitrogens with zero attached hydrogens (tertiary/aromatic N) is 2. The van der Waals surface area contributed by atoms with Crippen LogP contribution in [0, 0.1) is 0 Å². The van der Waals surface area contributed by atoms with Gasteiger partial charge in [-0.05, 0) is 58.5 Å². The molecule has 31 heavy (non-hydrogen) atoms. The molecule has 0 saturated carbocycles. The lowest BCUT2D eigenvalue weighted by Gasteiger charge is -2.17. The van der Waals surface area contributed by atoms with Crippen LogP contribution < -0.4 is 10.6 Å². The Bertz CT molecular complexity index is 1050. The first-order valence-electron chi connectivity index (χ1n) is 10.3. The molecule has 5 heteroatoms. The Balaban J connectivity index is 2.04. The highest BCUT2D eigenvalue weighted by atomic mass is 16.4. The van der Waals surface area contributed by atoms with E-state index in [1.807, 2.05) is 52.5 Å². The molecule has 1 aliphatic carbocycles. The number of carboxylic acids is 1. The second kappa shape index (κ2) is 9.58. The van der Waals surface area contributed by atoms with Crippen molar-refractivity contribution in [2.24, 2.45) is 5.73 Å². The van der Waals surface area contributed by atoms with Crippen molar-refractivity contribution < 1.29 is 14.5 Å². The van der Waals surface area contributed by atoms with Gasteiger partial charge in [0.2, 0.25) is 0 Å². The van der Waals surface area contributed by atoms with Gasteiger partial charge in [-0.2, -0.15) is 0 Å². The number of hydrogen-bond donors (Lipinski definition) is 2. The third-order valence-electron chi connectivity index (χ3n) is 5.36. The normalized spacial score (nSPS) is 13.8. The number of allylic oxidation sites excluding steroid dienone is 5. The van der Waals surface area contributed by atoms with Crippen molar-refractivity contribution in [1.82, 2.24) is 0 Å². The Morgan fingerprint density at radius 1 is 0.935 bits per heavy atom. The molecular formula is C26H30N3O2+. The van der Waals surface area contributed by atoms with Crippen LogP contribution in [0.5, 0.6) is 0 Å². The van der Waals surface area contributed by atoms with E-state index in [4.69, 9.17) is 10.8 Å². The quantitative estimate of drug-likeness (QED) is 0.709. The number of carbonyl (C=O) groups is 1. The monoisotopic (exact) mass is 416 g/mol. The summed E-state index contributed by atoms with van der Waals surface area (Å²) in [7, 11) is 8.11. The molecule has 160 valence electrons. The molecule has 2 aromatic carbocycles. The minimum atomic E-state index is -0.988. The van der Waals surface area contributed by atoms with Gasteiger partial charge in [0.25, 0.3) is 0 Å². The largest absolute Gasteiger partial charge is 0.480 e. The minimum Gasteiger partial charge on any atom is -0.480 e. The van der Waals surface area contributed by atoms with E-state index in [0.29, 0.717) is 6.42 Å². The van der Waals surface area contributed by atoms with Crippen LogP contribution in [0.1, 0.15) is 16.7 Å². The highest BCUT2D eigenvalue weighted by molar-refractivity contribution is 6.04. The first-order chi connectivity index (χ1) is 14.8. The van der Waals surface area contributed by atoms with Crippen LogP contribution in [0.25, 0.3) is 5.57 Å². The molecule has 1 aliphatic rings. The summed E-state index contributed by atoms with van der Waals surface area (Å²) in [5.74, 6) is -0.988. The van der Waals surface area contributed by atoms with E-state index in [2.05, 4.69) is 58.0 Å². The minimum absolute atomic E-state index is 0.306. The fraction of sp³-hybridized carbons (Fsp3) is 0.231. The number of hydrogen-bond acceptors (Lipinski definition) is 3. The van der Waals surface area contributed by atoms with E-state index < -0.39 is 12.0 Å². The number of nitrogens with two attached hydrogens (primary N) is 1. The van der Waals surface area contributed by atoms with Crippen molar-refractivity contribution in [2.75, 3.05) is 33.1 Å². The van der Waals surface area contributed by atoms with Crippen LogP contribution in [0.3, 0.4) is 0 Å². The molecule has 5 nitrogen and oxygen atoms in total. The molecule has 0 spiro atoms. The lowest BCUT2D eigenvalue weighted by atomic mass is 9.90. The summed E-state index contributed by atoms with van der Waals surface area (Å²) in [5.41, 5.74) is 13.3. The Morgan fingerprint density at radius 2 is 1.45 bits per heavy atom. The maximum absolute atomic E-state index is 11.1. The summed E-state index contributed by atoms with van der Waals surface area (Å²) in [6.07, 6.45) is 8.81. The first-order valence-corrected chi connectivity index (χ1v) is 10.3. The Morgan fingerprint density at radius 3 is 1.90 bits per heavy atom. The van der Waals surface area contributed by atoms with E-state index in [-0.39, 0.29) is 0 Å². The SMILES string of the molecule is CN(C)c1ccc(C(=C2C=CC(=[N+](C)C)C=C2)c2ccc(C[C@@H](N)C(=O)O)cc2)cc1. The van der Waals surface area contributed by atoms with Crippen molar-refractivity contribution in [3.05, 3.63) is 95.1 Å². The Hall–Kier alpha value is -3.44. The van der Waals surface area contributed by atoms with E-state index in [1.165, 1.54) is 0 Å². The summed E-state index contributed by atoms with van der Waals surface area (Å²) in [5, 5.41) is 9.07. The topological polar surface area (TPSA) is 69.6 Å². The fourth-order valence-electron chi connectivity index (χ4n) is 3.50. The van der Waals surface area contributed by atoms with E-state index >= 15 is 0 Å². The molecule has 0 amide bonds. The van der Waals surface area contributed by atoms with E-state index in [9.17, 15) is 4.79 Å². The molecule has 0 bridgehead atoms. The summed E-state index contributed by atoms with van der Waals surface area (Å²) in [6.45, 7) is 0. The molecule has 0 aromatic heterocycles. The molecule has 2 aromatic rings. The number of rotatable bonds is 6. The highest BCUT2D eigenvalue weighted by Gasteiger charge is 2.15. The number of aliphatic carboxylic acids is 1. The van der Waals surface area contributed by atoms with Gasteiger partial charge in [-0.25, -0.2) is 4.58 Å². The van der Waals surface area contributed by atoms with Gasteiger partial charge in [0, 0.05) is 31.9 Å². The predicted octanol–water partition coefficient (Wildman–Crippen LogP) is 3.35. The molecule has 0 unspecified atom stereocenters. The smallest absolute Gasteiger partial charge is 0.320 e. The van der Waals surface area contributed by atoms with Gasteiger partial charge in [0.1, 0.15) is 20.1 Å². The summed E-state index contributed by atoms with van der Waals surface area (Å²) >= 11 is 0. The Kier molecular flexibility index (Phi) is 6.88. The van der Waals surface area contributed by atoms with Crippen LogP contribution >= 0.6 is 0 Å². The second-order valence-corrected chi connectivity index (χ2v) is 8.10. The Labute approximate surface area is 184 Å². The third kappa shape index (κ3) is 5.38. The summed E-state index contributed by atoms with van der Waals surface area (Å²) in [4.78, 5) is 13.1. The van der Waals surface area contributed by atoms with Crippen molar-refractivity contribution in [3.63, 3.8) is 0 Å². The average molecular weight is 417 g/mol. The molecule has 0 fully saturated rings. The van der Waals surface area contributed by atoms with Crippen molar-refractivity contribution >= 4 is 22.9 Å². The number of anilines is 1. The molecular weight excluding hydrogens is 386 g/mol. The van der Waals surface area contributed by atoms with E-state index in [1.54, 1.807) is 0 Å². The zero-order valence-corrected chi connectivity index (χ0v) is 18.5. The van der Waals surface area contributed by atoms with Gasteiger partial charge in [0.05, 0.1) is 0 Å². The van der Waals surface area contributed by atoms with E-state index in [0.717, 1.165) is 39.2 Å². The molecule has 0 heterocycles. The second-order valence-electron chi connectivity index (χ2n) is 8.10. The van der Waals surface area contributed by atoms with Gasteiger partial charge in [-0.3, -0.25) is 4.79 Å². The zero-order chi connectivity index (χ0) is 22.5. The zero-order valence-electron chi connectivity index (χ0n) is 18.5. The predicted molar refractivity (Wildman–Crippen MR) is 128 cm³/mol. The van der Waals surface area contributed by atoms with Gasteiger partial charge >= 0.3 is 5.97 Å². The fourth-order valence-corrected chi connectivity index (χ4v) is 3.50. The van der Waals surface area contributed by atoms with Crippen LogP contribution in [0.15, 0.2) is 78.4 Å². The highest BCUT2D eigenvalue weighted by Crippen LogP contribution is 2.31. The van der Waals surface area contributed by atoms with Crippen LogP contribution in [0.2, 0.25) is 0 Å². The van der Waals surface area contributed by atoms with Crippen molar-refractivity contribution in [1.29, 1.82) is 0 Å². The van der Waals surface area contributed by atoms with Gasteiger partial charge in [0.15, 0.2) is 5.71 Å². The maximum atomic E-state index is 11.1. The van der Waals surface area contributed by atoms with Gasteiger partial charge in [-0.15, -0.1) is 0 Å². The number of carboxylic acid groups (broad SMARTS) is 1. The summed E-state index contributed by atoms with van der Waals surface area (Å²) < 4.78 is 2.08. The number of benzene rings is 2. The molecule has 0 saturated heterocycles. The average Bonchev–Trinajstić information content (AvgIpc) is 2.75. The van der Waals surface area contributed by atoms with Crippen LogP contribution in [-0.4, -0.2) is 55.6 Å². The van der Waals surface area contributed by atoms with Gasteiger partial charge in [-0.1, -0.05) is 36.4 Å². The molecule has 3 rings (SSSR count). The van der Waals surface area contributed by atoms with Gasteiger partial charge < -0.3 is 15.7 Å². The molecule has 0 aliphatic heterocycles. The lowest BCUT2D eigenvalue weighted by Crippen LogP contribution is -2.32. The lowest BCUT2D eigenvalue weighted by molar-refractivity contribution is -0.462. The molecule has 3 N–H and O–H groups in total. The first kappa shape index (κ1) is 22.2. The molecule has 1 atom stereocenters. The maximum Gasteiger partial charge on any atom is 0.320 e. The van der Waals surface area contributed by atoms with Crippen molar-refractivity contribution in [3.8, 4) is 0 Å². The van der Waals surface area contributed by atoms with Crippen LogP contribution in [-0.2, 0) is 11.2 Å². The van der Waals surface area contributed by atoms with Crippen molar-refractivity contribution in [2.45, 2.75) is 12.5 Å². The van der Waals surface area contributed by atoms with Crippen LogP contribution in [0.4, 0.5) is 5.69 Å². The third-order valence-corrected chi connectivity index (χ3v) is 5.36. The molecule has 0 radical (unpaired) electrons. The standard InChI is InChI=1S/C26H29N3O2/c1-28(2)22-13-9-20(10-14-22)25(21-11-15-23(16-12-21)29(3)4)19-7-5-18(6-8-19)17-24(27)26(30)31/h5-16,24H,17,27H2,1-4H3/p+1/t24-/m1/s1.